The molecule has 3 rings (SSSR count). The van der Waals surface area contributed by atoms with E-state index in [-0.39, 0.29) is 0 Å². The molecule has 2 aliphatic heterocycles. The first kappa shape index (κ1) is 9.60. The van der Waals surface area contributed by atoms with Crippen molar-refractivity contribution >= 4 is 16.5 Å². The highest BCUT2D eigenvalue weighted by molar-refractivity contribution is 7.15. The topological polar surface area (TPSA) is 28.2 Å². The maximum atomic E-state index is 4.78. The summed E-state index contributed by atoms with van der Waals surface area (Å²) in [4.78, 5) is 8.70. The third-order valence-corrected chi connectivity index (χ3v) is 4.38. The standard InChI is InChI=1S/C11H17N3S/c1-2-6-14(7-3-1)11-13-9-4-5-12-8-10(9)15-11/h12H,1-8H2. The normalized spacial score (nSPS) is 21.5. The second kappa shape index (κ2) is 4.10. The first-order valence-electron chi connectivity index (χ1n) is 5.88. The highest BCUT2D eigenvalue weighted by Gasteiger charge is 2.19. The predicted molar refractivity (Wildman–Crippen MR) is 63.6 cm³/mol. The smallest absolute Gasteiger partial charge is 0.185 e. The van der Waals surface area contributed by atoms with Crippen LogP contribution in [0.2, 0.25) is 0 Å². The summed E-state index contributed by atoms with van der Waals surface area (Å²) in [5.74, 6) is 0. The monoisotopic (exact) mass is 223 g/mol. The van der Waals surface area contributed by atoms with Gasteiger partial charge in [-0.25, -0.2) is 4.98 Å². The molecule has 0 aliphatic carbocycles. The van der Waals surface area contributed by atoms with Gasteiger partial charge >= 0.3 is 0 Å². The van der Waals surface area contributed by atoms with Crippen LogP contribution in [0.4, 0.5) is 5.13 Å². The fourth-order valence-electron chi connectivity index (χ4n) is 2.33. The Hall–Kier alpha value is -0.610. The number of piperidine rings is 1. The summed E-state index contributed by atoms with van der Waals surface area (Å²) in [5, 5.41) is 4.68. The van der Waals surface area contributed by atoms with Crippen LogP contribution in [0, 0.1) is 0 Å². The quantitative estimate of drug-likeness (QED) is 0.786. The van der Waals surface area contributed by atoms with Crippen molar-refractivity contribution in [3.05, 3.63) is 10.6 Å². The Morgan fingerprint density at radius 1 is 1.20 bits per heavy atom. The number of rotatable bonds is 1. The zero-order chi connectivity index (χ0) is 10.1. The van der Waals surface area contributed by atoms with Crippen LogP contribution in [0.5, 0.6) is 0 Å². The number of nitrogens with one attached hydrogen (secondary N) is 1. The summed E-state index contributed by atoms with van der Waals surface area (Å²) < 4.78 is 0. The van der Waals surface area contributed by atoms with Gasteiger partial charge in [0, 0.05) is 37.5 Å². The summed E-state index contributed by atoms with van der Waals surface area (Å²) in [6, 6.07) is 0. The average Bonchev–Trinajstić information content (AvgIpc) is 2.74. The molecule has 0 saturated carbocycles. The van der Waals surface area contributed by atoms with Gasteiger partial charge in [-0.3, -0.25) is 0 Å². The lowest BCUT2D eigenvalue weighted by atomic mass is 10.1. The number of anilines is 1. The lowest BCUT2D eigenvalue weighted by Gasteiger charge is -2.25. The van der Waals surface area contributed by atoms with E-state index in [4.69, 9.17) is 4.98 Å². The molecule has 4 heteroatoms. The average molecular weight is 223 g/mol. The van der Waals surface area contributed by atoms with E-state index >= 15 is 0 Å². The third-order valence-electron chi connectivity index (χ3n) is 3.22. The molecule has 1 N–H and O–H groups in total. The van der Waals surface area contributed by atoms with E-state index in [9.17, 15) is 0 Å². The first-order valence-corrected chi connectivity index (χ1v) is 6.69. The van der Waals surface area contributed by atoms with Crippen molar-refractivity contribution in [2.45, 2.75) is 32.2 Å². The lowest BCUT2D eigenvalue weighted by Crippen LogP contribution is -2.29. The van der Waals surface area contributed by atoms with Gasteiger partial charge in [-0.1, -0.05) is 0 Å². The fraction of sp³-hybridized carbons (Fsp3) is 0.727. The molecule has 0 radical (unpaired) electrons. The molecule has 82 valence electrons. The van der Waals surface area contributed by atoms with Crippen molar-refractivity contribution in [1.82, 2.24) is 10.3 Å². The molecule has 3 heterocycles. The molecule has 1 saturated heterocycles. The van der Waals surface area contributed by atoms with E-state index in [2.05, 4.69) is 10.2 Å². The highest BCUT2D eigenvalue weighted by Crippen LogP contribution is 2.29. The highest BCUT2D eigenvalue weighted by atomic mass is 32.1. The number of thiazole rings is 1. The zero-order valence-corrected chi connectivity index (χ0v) is 9.78. The molecule has 0 bridgehead atoms. The van der Waals surface area contributed by atoms with E-state index in [1.165, 1.54) is 48.1 Å². The van der Waals surface area contributed by atoms with Crippen LogP contribution in [0.1, 0.15) is 29.8 Å². The van der Waals surface area contributed by atoms with E-state index in [1.54, 1.807) is 0 Å². The Morgan fingerprint density at radius 3 is 2.87 bits per heavy atom. The SMILES string of the molecule is C1CCN(c2nc3c(s2)CNCC3)CC1. The summed E-state index contributed by atoms with van der Waals surface area (Å²) in [6.45, 7) is 4.54. The second-order valence-electron chi connectivity index (χ2n) is 4.34. The van der Waals surface area contributed by atoms with Crippen molar-refractivity contribution in [3.63, 3.8) is 0 Å². The van der Waals surface area contributed by atoms with Crippen LogP contribution in [0.15, 0.2) is 0 Å². The van der Waals surface area contributed by atoms with Crippen molar-refractivity contribution in [3.8, 4) is 0 Å². The minimum absolute atomic E-state index is 1.03. The van der Waals surface area contributed by atoms with Gasteiger partial charge in [0.2, 0.25) is 0 Å². The number of hydrogen-bond donors (Lipinski definition) is 1. The molecule has 2 aliphatic rings. The molecular weight excluding hydrogens is 206 g/mol. The summed E-state index contributed by atoms with van der Waals surface area (Å²) >= 11 is 1.89. The molecule has 1 aromatic rings. The van der Waals surface area contributed by atoms with Crippen LogP contribution < -0.4 is 10.2 Å². The van der Waals surface area contributed by atoms with Crippen LogP contribution in [-0.4, -0.2) is 24.6 Å². The van der Waals surface area contributed by atoms with Crippen LogP contribution in [0.25, 0.3) is 0 Å². The molecule has 0 aromatic carbocycles. The van der Waals surface area contributed by atoms with E-state index in [0.29, 0.717) is 0 Å². The van der Waals surface area contributed by atoms with E-state index in [0.717, 1.165) is 19.5 Å². The first-order chi connectivity index (χ1) is 7.43. The number of nitrogens with zero attached hydrogens (tertiary/aromatic N) is 2. The molecule has 15 heavy (non-hydrogen) atoms. The minimum atomic E-state index is 1.03. The molecule has 3 nitrogen and oxygen atoms in total. The van der Waals surface area contributed by atoms with Gasteiger partial charge < -0.3 is 10.2 Å². The van der Waals surface area contributed by atoms with Gasteiger partial charge in [0.05, 0.1) is 5.69 Å². The van der Waals surface area contributed by atoms with Gasteiger partial charge in [0.1, 0.15) is 0 Å². The van der Waals surface area contributed by atoms with E-state index < -0.39 is 0 Å². The molecule has 1 aromatic heterocycles. The number of aromatic nitrogens is 1. The summed E-state index contributed by atoms with van der Waals surface area (Å²) in [5.41, 5.74) is 1.35. The van der Waals surface area contributed by atoms with Gasteiger partial charge in [0.15, 0.2) is 5.13 Å². The number of fused-ring (bicyclic) bond motifs is 1. The molecule has 1 fully saturated rings. The second-order valence-corrected chi connectivity index (χ2v) is 5.40. The maximum Gasteiger partial charge on any atom is 0.185 e. The Bertz CT molecular complexity index is 318. The van der Waals surface area contributed by atoms with Gasteiger partial charge in [-0.15, -0.1) is 11.3 Å². The molecule has 0 unspecified atom stereocenters. The molecule has 0 amide bonds. The van der Waals surface area contributed by atoms with Crippen molar-refractivity contribution in [1.29, 1.82) is 0 Å². The fourth-order valence-corrected chi connectivity index (χ4v) is 3.46. The summed E-state index contributed by atoms with van der Waals surface area (Å²) in [6.07, 6.45) is 5.17. The maximum absolute atomic E-state index is 4.78. The molecule has 0 atom stereocenters. The zero-order valence-electron chi connectivity index (χ0n) is 8.96. The predicted octanol–water partition coefficient (Wildman–Crippen LogP) is 1.78. The van der Waals surface area contributed by atoms with Crippen LogP contribution in [-0.2, 0) is 13.0 Å². The minimum Gasteiger partial charge on any atom is -0.348 e. The van der Waals surface area contributed by atoms with Crippen molar-refractivity contribution < 1.29 is 0 Å². The van der Waals surface area contributed by atoms with Crippen molar-refractivity contribution in [2.24, 2.45) is 0 Å². The van der Waals surface area contributed by atoms with Crippen molar-refractivity contribution in [2.75, 3.05) is 24.5 Å². The Morgan fingerprint density at radius 2 is 2.07 bits per heavy atom. The number of hydrogen-bond acceptors (Lipinski definition) is 4. The van der Waals surface area contributed by atoms with Gasteiger partial charge in [-0.2, -0.15) is 0 Å². The molecular formula is C11H17N3S. The Balaban J connectivity index is 1.82. The van der Waals surface area contributed by atoms with Gasteiger partial charge in [-0.05, 0) is 19.3 Å². The van der Waals surface area contributed by atoms with Crippen LogP contribution >= 0.6 is 11.3 Å². The van der Waals surface area contributed by atoms with Crippen LogP contribution in [0.3, 0.4) is 0 Å². The Labute approximate surface area is 94.5 Å². The lowest BCUT2D eigenvalue weighted by molar-refractivity contribution is 0.575. The van der Waals surface area contributed by atoms with E-state index in [1.807, 2.05) is 11.3 Å². The summed E-state index contributed by atoms with van der Waals surface area (Å²) in [7, 11) is 0. The van der Waals surface area contributed by atoms with Gasteiger partial charge in [0.25, 0.3) is 0 Å². The third kappa shape index (κ3) is 1.88. The molecule has 0 spiro atoms. The largest absolute Gasteiger partial charge is 0.348 e. The Kier molecular flexibility index (Phi) is 2.63.